The van der Waals surface area contributed by atoms with Crippen LogP contribution in [-0.4, -0.2) is 31.1 Å². The maximum atomic E-state index is 3.52. The predicted octanol–water partition coefficient (Wildman–Crippen LogP) is 2.94. The Morgan fingerprint density at radius 1 is 1.56 bits per heavy atom. The molecule has 16 heavy (non-hydrogen) atoms. The Hall–Kier alpha value is 0.1000. The Balaban J connectivity index is 1.76. The third kappa shape index (κ3) is 3.55. The molecule has 0 spiro atoms. The van der Waals surface area contributed by atoms with Crippen LogP contribution in [0.1, 0.15) is 18.2 Å². The maximum absolute atomic E-state index is 3.52. The third-order valence-corrected chi connectivity index (χ3v) is 4.67. The SMILES string of the molecule is CCNCC1CCN(Cc2ccc(Br)s2)C1. The van der Waals surface area contributed by atoms with E-state index >= 15 is 0 Å². The Kier molecular flexibility index (Phi) is 4.82. The van der Waals surface area contributed by atoms with Crippen molar-refractivity contribution in [3.63, 3.8) is 0 Å². The quantitative estimate of drug-likeness (QED) is 0.900. The molecule has 90 valence electrons. The molecule has 0 aromatic carbocycles. The summed E-state index contributed by atoms with van der Waals surface area (Å²) in [5, 5.41) is 3.45. The van der Waals surface area contributed by atoms with Crippen molar-refractivity contribution < 1.29 is 0 Å². The highest BCUT2D eigenvalue weighted by Gasteiger charge is 2.22. The zero-order chi connectivity index (χ0) is 11.4. The summed E-state index contributed by atoms with van der Waals surface area (Å²) in [5.74, 6) is 0.850. The first-order valence-corrected chi connectivity index (χ1v) is 7.56. The topological polar surface area (TPSA) is 15.3 Å². The number of thiophene rings is 1. The monoisotopic (exact) mass is 302 g/mol. The van der Waals surface area contributed by atoms with Crippen LogP contribution in [0.2, 0.25) is 0 Å². The summed E-state index contributed by atoms with van der Waals surface area (Å²) in [7, 11) is 0. The number of nitrogens with zero attached hydrogens (tertiary/aromatic N) is 1. The van der Waals surface area contributed by atoms with Gasteiger partial charge in [0.15, 0.2) is 0 Å². The van der Waals surface area contributed by atoms with Gasteiger partial charge in [-0.3, -0.25) is 4.90 Å². The number of hydrogen-bond donors (Lipinski definition) is 1. The van der Waals surface area contributed by atoms with E-state index in [-0.39, 0.29) is 0 Å². The largest absolute Gasteiger partial charge is 0.317 e. The van der Waals surface area contributed by atoms with Crippen LogP contribution in [0.5, 0.6) is 0 Å². The number of rotatable bonds is 5. The first-order chi connectivity index (χ1) is 7.78. The molecule has 1 aliphatic rings. The molecule has 0 aliphatic carbocycles. The van der Waals surface area contributed by atoms with Gasteiger partial charge in [0.2, 0.25) is 0 Å². The lowest BCUT2D eigenvalue weighted by molar-refractivity contribution is 0.317. The fourth-order valence-corrected chi connectivity index (χ4v) is 3.75. The van der Waals surface area contributed by atoms with Gasteiger partial charge in [-0.2, -0.15) is 0 Å². The molecule has 0 amide bonds. The summed E-state index contributed by atoms with van der Waals surface area (Å²) < 4.78 is 1.24. The second-order valence-electron chi connectivity index (χ2n) is 4.40. The van der Waals surface area contributed by atoms with Gasteiger partial charge in [-0.25, -0.2) is 0 Å². The Morgan fingerprint density at radius 3 is 3.12 bits per heavy atom. The molecule has 1 unspecified atom stereocenters. The van der Waals surface area contributed by atoms with Crippen molar-refractivity contribution in [2.24, 2.45) is 5.92 Å². The van der Waals surface area contributed by atoms with Crippen molar-refractivity contribution in [1.82, 2.24) is 10.2 Å². The van der Waals surface area contributed by atoms with E-state index < -0.39 is 0 Å². The van der Waals surface area contributed by atoms with Crippen LogP contribution < -0.4 is 5.32 Å². The molecule has 1 aliphatic heterocycles. The lowest BCUT2D eigenvalue weighted by Gasteiger charge is -2.14. The molecule has 2 heterocycles. The number of likely N-dealkylation sites (tertiary alicyclic amines) is 1. The first-order valence-electron chi connectivity index (χ1n) is 5.95. The minimum atomic E-state index is 0.850. The highest BCUT2D eigenvalue weighted by Crippen LogP contribution is 2.25. The molecule has 0 bridgehead atoms. The van der Waals surface area contributed by atoms with E-state index in [0.717, 1.165) is 19.0 Å². The van der Waals surface area contributed by atoms with E-state index in [4.69, 9.17) is 0 Å². The molecule has 0 radical (unpaired) electrons. The van der Waals surface area contributed by atoms with E-state index in [1.807, 2.05) is 11.3 Å². The van der Waals surface area contributed by atoms with Gasteiger partial charge in [0.25, 0.3) is 0 Å². The van der Waals surface area contributed by atoms with Crippen LogP contribution in [0.3, 0.4) is 0 Å². The van der Waals surface area contributed by atoms with Gasteiger partial charge in [-0.1, -0.05) is 6.92 Å². The van der Waals surface area contributed by atoms with Gasteiger partial charge < -0.3 is 5.32 Å². The highest BCUT2D eigenvalue weighted by molar-refractivity contribution is 9.11. The average Bonchev–Trinajstić information content (AvgIpc) is 2.86. The second-order valence-corrected chi connectivity index (χ2v) is 6.95. The van der Waals surface area contributed by atoms with Crippen LogP contribution in [0, 0.1) is 5.92 Å². The van der Waals surface area contributed by atoms with Gasteiger partial charge in [0.05, 0.1) is 3.79 Å². The average molecular weight is 303 g/mol. The molecule has 0 saturated carbocycles. The van der Waals surface area contributed by atoms with Crippen LogP contribution in [-0.2, 0) is 6.54 Å². The van der Waals surface area contributed by atoms with Crippen molar-refractivity contribution in [1.29, 1.82) is 0 Å². The summed E-state index contributed by atoms with van der Waals surface area (Å²) in [6, 6.07) is 4.37. The Labute approximate surface area is 110 Å². The number of hydrogen-bond acceptors (Lipinski definition) is 3. The molecular formula is C12H19BrN2S. The summed E-state index contributed by atoms with van der Waals surface area (Å²) in [6.45, 7) is 8.08. The summed E-state index contributed by atoms with van der Waals surface area (Å²) >= 11 is 5.37. The van der Waals surface area contributed by atoms with E-state index in [1.165, 1.54) is 34.7 Å². The molecule has 1 aromatic rings. The number of nitrogens with one attached hydrogen (secondary N) is 1. The van der Waals surface area contributed by atoms with Crippen molar-refractivity contribution in [2.45, 2.75) is 19.9 Å². The predicted molar refractivity (Wildman–Crippen MR) is 73.9 cm³/mol. The fraction of sp³-hybridized carbons (Fsp3) is 0.667. The van der Waals surface area contributed by atoms with Gasteiger partial charge in [0.1, 0.15) is 0 Å². The minimum absolute atomic E-state index is 0.850. The molecule has 1 N–H and O–H groups in total. The third-order valence-electron chi connectivity index (χ3n) is 3.06. The molecule has 1 aromatic heterocycles. The summed E-state index contributed by atoms with van der Waals surface area (Å²) in [5.41, 5.74) is 0. The van der Waals surface area contributed by atoms with Gasteiger partial charge >= 0.3 is 0 Å². The van der Waals surface area contributed by atoms with Crippen molar-refractivity contribution in [2.75, 3.05) is 26.2 Å². The first kappa shape index (κ1) is 12.6. The number of halogens is 1. The highest BCUT2D eigenvalue weighted by atomic mass is 79.9. The van der Waals surface area contributed by atoms with Crippen molar-refractivity contribution >= 4 is 27.3 Å². The maximum Gasteiger partial charge on any atom is 0.0701 e. The molecule has 1 atom stereocenters. The van der Waals surface area contributed by atoms with Crippen LogP contribution in [0.4, 0.5) is 0 Å². The Bertz CT molecular complexity index is 327. The van der Waals surface area contributed by atoms with Crippen LogP contribution in [0.25, 0.3) is 0 Å². The molecule has 4 heteroatoms. The smallest absolute Gasteiger partial charge is 0.0701 e. The van der Waals surface area contributed by atoms with Gasteiger partial charge in [-0.05, 0) is 60.0 Å². The summed E-state index contributed by atoms with van der Waals surface area (Å²) in [4.78, 5) is 4.04. The summed E-state index contributed by atoms with van der Waals surface area (Å²) in [6.07, 6.45) is 1.35. The molecule has 1 fully saturated rings. The minimum Gasteiger partial charge on any atom is -0.317 e. The van der Waals surface area contributed by atoms with Crippen molar-refractivity contribution in [3.05, 3.63) is 20.8 Å². The van der Waals surface area contributed by atoms with E-state index in [0.29, 0.717) is 0 Å². The standard InChI is InChI=1S/C12H19BrN2S/c1-2-14-7-10-5-6-15(8-10)9-11-3-4-12(13)16-11/h3-4,10,14H,2,5-9H2,1H3. The Morgan fingerprint density at radius 2 is 2.44 bits per heavy atom. The van der Waals surface area contributed by atoms with E-state index in [1.54, 1.807) is 0 Å². The van der Waals surface area contributed by atoms with Gasteiger partial charge in [-0.15, -0.1) is 11.3 Å². The molecule has 2 nitrogen and oxygen atoms in total. The van der Waals surface area contributed by atoms with Gasteiger partial charge in [0, 0.05) is 18.0 Å². The van der Waals surface area contributed by atoms with Crippen LogP contribution >= 0.6 is 27.3 Å². The van der Waals surface area contributed by atoms with Crippen LogP contribution in [0.15, 0.2) is 15.9 Å². The normalized spacial score (nSPS) is 21.8. The van der Waals surface area contributed by atoms with E-state index in [9.17, 15) is 0 Å². The lowest BCUT2D eigenvalue weighted by atomic mass is 10.1. The lowest BCUT2D eigenvalue weighted by Crippen LogP contribution is -2.25. The van der Waals surface area contributed by atoms with Crippen molar-refractivity contribution in [3.8, 4) is 0 Å². The second kappa shape index (κ2) is 6.15. The van der Waals surface area contributed by atoms with E-state index in [2.05, 4.69) is 45.2 Å². The molecule has 2 rings (SSSR count). The fourth-order valence-electron chi connectivity index (χ4n) is 2.23. The molecule has 1 saturated heterocycles. The molecular weight excluding hydrogens is 284 g/mol. The zero-order valence-electron chi connectivity index (χ0n) is 9.71. The zero-order valence-corrected chi connectivity index (χ0v) is 12.1.